The third kappa shape index (κ3) is 0.606. The van der Waals surface area contributed by atoms with Crippen molar-refractivity contribution in [2.24, 2.45) is 11.3 Å². The van der Waals surface area contributed by atoms with E-state index in [2.05, 4.69) is 0 Å². The van der Waals surface area contributed by atoms with E-state index < -0.39 is 0 Å². The maximum atomic E-state index is 11.6. The number of hydrogen-bond acceptors (Lipinski definition) is 2. The zero-order valence-electron chi connectivity index (χ0n) is 7.21. The smallest absolute Gasteiger partial charge is 0.312 e. The Morgan fingerprint density at radius 1 is 1.25 bits per heavy atom. The van der Waals surface area contributed by atoms with Crippen molar-refractivity contribution in [2.75, 3.05) is 0 Å². The van der Waals surface area contributed by atoms with E-state index in [1.54, 1.807) is 0 Å². The summed E-state index contributed by atoms with van der Waals surface area (Å²) in [6.45, 7) is 0. The first-order valence-corrected chi connectivity index (χ1v) is 5.04. The summed E-state index contributed by atoms with van der Waals surface area (Å²) in [6, 6.07) is 0. The van der Waals surface area contributed by atoms with Gasteiger partial charge in [0.05, 0.1) is 5.41 Å². The Morgan fingerprint density at radius 2 is 2.00 bits per heavy atom. The van der Waals surface area contributed by atoms with Gasteiger partial charge < -0.3 is 4.74 Å². The lowest BCUT2D eigenvalue weighted by Crippen LogP contribution is -2.33. The zero-order chi connectivity index (χ0) is 8.18. The number of ether oxygens (including phenoxy) is 1. The van der Waals surface area contributed by atoms with Gasteiger partial charge in [-0.3, -0.25) is 4.79 Å². The molecule has 3 atom stereocenters. The topological polar surface area (TPSA) is 26.3 Å². The Balaban J connectivity index is 2.06. The summed E-state index contributed by atoms with van der Waals surface area (Å²) in [6.07, 6.45) is 7.31. The second-order valence-corrected chi connectivity index (χ2v) is 4.49. The van der Waals surface area contributed by atoms with Gasteiger partial charge in [0.15, 0.2) is 0 Å². The van der Waals surface area contributed by atoms with Gasteiger partial charge in [-0.1, -0.05) is 6.42 Å². The number of carbonyl (C=O) groups excluding carboxylic acids is 1. The Morgan fingerprint density at radius 3 is 2.75 bits per heavy atom. The summed E-state index contributed by atoms with van der Waals surface area (Å²) in [4.78, 5) is 11.6. The lowest BCUT2D eigenvalue weighted by molar-refractivity contribution is -0.147. The molecule has 66 valence electrons. The van der Waals surface area contributed by atoms with E-state index in [1.807, 2.05) is 0 Å². The highest BCUT2D eigenvalue weighted by Crippen LogP contribution is 2.58. The summed E-state index contributed by atoms with van der Waals surface area (Å²) in [5.74, 6) is 0.728. The average Bonchev–Trinajstić information content (AvgIpc) is 2.52. The molecule has 2 nitrogen and oxygen atoms in total. The Hall–Kier alpha value is -0.530. The molecule has 2 saturated carbocycles. The van der Waals surface area contributed by atoms with Crippen molar-refractivity contribution >= 4 is 5.97 Å². The third-order valence-electron chi connectivity index (χ3n) is 4.07. The van der Waals surface area contributed by atoms with Crippen LogP contribution in [-0.2, 0) is 9.53 Å². The number of rotatable bonds is 0. The lowest BCUT2D eigenvalue weighted by Gasteiger charge is -2.29. The molecule has 0 N–H and O–H groups in total. The third-order valence-corrected chi connectivity index (χ3v) is 4.07. The molecule has 0 amide bonds. The SMILES string of the molecule is O=C1O[C@H]2CCC[C@@]13CCC[C@@H]23. The quantitative estimate of drug-likeness (QED) is 0.513. The number of esters is 1. The highest BCUT2D eigenvalue weighted by Gasteiger charge is 2.60. The van der Waals surface area contributed by atoms with Crippen LogP contribution in [0, 0.1) is 11.3 Å². The number of carbonyl (C=O) groups is 1. The maximum Gasteiger partial charge on any atom is 0.312 e. The molecule has 0 aromatic carbocycles. The van der Waals surface area contributed by atoms with Gasteiger partial charge in [0.25, 0.3) is 0 Å². The first-order chi connectivity index (χ1) is 5.83. The summed E-state index contributed by atoms with van der Waals surface area (Å²) in [5.41, 5.74) is 0.00289. The van der Waals surface area contributed by atoms with Crippen LogP contribution in [0.15, 0.2) is 0 Å². The van der Waals surface area contributed by atoms with Gasteiger partial charge in [0, 0.05) is 5.92 Å². The molecule has 1 heterocycles. The van der Waals surface area contributed by atoms with Crippen molar-refractivity contribution in [1.82, 2.24) is 0 Å². The van der Waals surface area contributed by atoms with Crippen LogP contribution in [0.3, 0.4) is 0 Å². The van der Waals surface area contributed by atoms with E-state index in [4.69, 9.17) is 4.74 Å². The maximum absolute atomic E-state index is 11.6. The molecular weight excluding hydrogens is 152 g/mol. The summed E-state index contributed by atoms with van der Waals surface area (Å²) >= 11 is 0. The van der Waals surface area contributed by atoms with Crippen LogP contribution in [0.25, 0.3) is 0 Å². The predicted molar refractivity (Wildman–Crippen MR) is 43.5 cm³/mol. The molecule has 0 spiro atoms. The van der Waals surface area contributed by atoms with Gasteiger partial charge in [-0.15, -0.1) is 0 Å². The fraction of sp³-hybridized carbons (Fsp3) is 0.900. The summed E-state index contributed by atoms with van der Waals surface area (Å²) in [7, 11) is 0. The van der Waals surface area contributed by atoms with Gasteiger partial charge in [0.2, 0.25) is 0 Å². The molecule has 12 heavy (non-hydrogen) atoms. The van der Waals surface area contributed by atoms with Gasteiger partial charge >= 0.3 is 5.97 Å². The second-order valence-electron chi connectivity index (χ2n) is 4.49. The second kappa shape index (κ2) is 2.04. The molecule has 3 rings (SSSR count). The monoisotopic (exact) mass is 166 g/mol. The van der Waals surface area contributed by atoms with E-state index in [9.17, 15) is 4.79 Å². The molecule has 2 bridgehead atoms. The molecule has 0 unspecified atom stereocenters. The van der Waals surface area contributed by atoms with Crippen LogP contribution in [0.1, 0.15) is 38.5 Å². The molecule has 1 aliphatic heterocycles. The van der Waals surface area contributed by atoms with Crippen molar-refractivity contribution < 1.29 is 9.53 Å². The van der Waals surface area contributed by atoms with E-state index in [0.29, 0.717) is 12.0 Å². The Labute approximate surface area is 72.3 Å². The first-order valence-electron chi connectivity index (χ1n) is 5.04. The van der Waals surface area contributed by atoms with Crippen LogP contribution in [0.4, 0.5) is 0 Å². The molecule has 0 radical (unpaired) electrons. The van der Waals surface area contributed by atoms with Crippen LogP contribution < -0.4 is 0 Å². The van der Waals surface area contributed by atoms with Crippen molar-refractivity contribution in [3.05, 3.63) is 0 Å². The van der Waals surface area contributed by atoms with Crippen LogP contribution in [-0.4, -0.2) is 12.1 Å². The van der Waals surface area contributed by atoms with Crippen LogP contribution >= 0.6 is 0 Å². The van der Waals surface area contributed by atoms with E-state index >= 15 is 0 Å². The van der Waals surface area contributed by atoms with E-state index in [0.717, 1.165) is 19.3 Å². The molecule has 3 fully saturated rings. The molecule has 2 aliphatic carbocycles. The van der Waals surface area contributed by atoms with Gasteiger partial charge in [-0.05, 0) is 32.1 Å². The fourth-order valence-corrected chi connectivity index (χ4v) is 3.52. The van der Waals surface area contributed by atoms with Crippen LogP contribution in [0.2, 0.25) is 0 Å². The summed E-state index contributed by atoms with van der Waals surface area (Å²) < 4.78 is 5.40. The molecule has 1 saturated heterocycles. The minimum atomic E-state index is 0.00289. The normalized spacial score (nSPS) is 50.5. The van der Waals surface area contributed by atoms with Gasteiger partial charge in [-0.25, -0.2) is 0 Å². The zero-order valence-corrected chi connectivity index (χ0v) is 7.21. The standard InChI is InChI=1S/C10H14O2/c11-9-10-5-1-3-7(10)8(12-9)4-2-6-10/h7-8H,1-6H2/t7-,8-,10+/m0/s1. The summed E-state index contributed by atoms with van der Waals surface area (Å²) in [5, 5.41) is 0. The minimum absolute atomic E-state index is 0.00289. The molecule has 2 heteroatoms. The average molecular weight is 166 g/mol. The molecule has 0 aromatic rings. The van der Waals surface area contributed by atoms with Crippen LogP contribution in [0.5, 0.6) is 0 Å². The highest BCUT2D eigenvalue weighted by molar-refractivity contribution is 5.80. The Kier molecular flexibility index (Phi) is 1.18. The first kappa shape index (κ1) is 6.93. The predicted octanol–water partition coefficient (Wildman–Crippen LogP) is 1.88. The lowest BCUT2D eigenvalue weighted by atomic mass is 9.69. The van der Waals surface area contributed by atoms with Crippen molar-refractivity contribution in [3.8, 4) is 0 Å². The van der Waals surface area contributed by atoms with Gasteiger partial charge in [-0.2, -0.15) is 0 Å². The largest absolute Gasteiger partial charge is 0.462 e. The molecule has 3 aliphatic rings. The van der Waals surface area contributed by atoms with Crippen molar-refractivity contribution in [1.29, 1.82) is 0 Å². The molecule has 0 aromatic heterocycles. The minimum Gasteiger partial charge on any atom is -0.462 e. The van der Waals surface area contributed by atoms with E-state index in [1.165, 1.54) is 19.3 Å². The fourth-order valence-electron chi connectivity index (χ4n) is 3.52. The van der Waals surface area contributed by atoms with Gasteiger partial charge in [0.1, 0.15) is 6.10 Å². The molecular formula is C10H14O2. The van der Waals surface area contributed by atoms with Crippen molar-refractivity contribution in [2.45, 2.75) is 44.6 Å². The van der Waals surface area contributed by atoms with E-state index in [-0.39, 0.29) is 11.4 Å². The number of hydrogen-bond donors (Lipinski definition) is 0. The highest BCUT2D eigenvalue weighted by atomic mass is 16.6. The van der Waals surface area contributed by atoms with Crippen molar-refractivity contribution in [3.63, 3.8) is 0 Å². The Bertz CT molecular complexity index is 236.